The van der Waals surface area contributed by atoms with Gasteiger partial charge in [-0.15, -0.1) is 0 Å². The van der Waals surface area contributed by atoms with Gasteiger partial charge < -0.3 is 15.3 Å². The fourth-order valence-electron chi connectivity index (χ4n) is 2.36. The van der Waals surface area contributed by atoms with Gasteiger partial charge in [-0.05, 0) is 25.2 Å². The average Bonchev–Trinajstić information content (AvgIpc) is 2.34. The molecule has 0 saturated carbocycles. The van der Waals surface area contributed by atoms with Gasteiger partial charge in [-0.25, -0.2) is 4.79 Å². The number of carboxylic acid groups (broad SMARTS) is 1. The molecule has 0 bridgehead atoms. The van der Waals surface area contributed by atoms with Crippen LogP contribution in [-0.4, -0.2) is 46.4 Å². The van der Waals surface area contributed by atoms with E-state index in [1.807, 2.05) is 13.8 Å². The predicted octanol–water partition coefficient (Wildman–Crippen LogP) is 0.613. The summed E-state index contributed by atoms with van der Waals surface area (Å²) in [4.78, 5) is 36.2. The van der Waals surface area contributed by atoms with Crippen molar-refractivity contribution in [3.63, 3.8) is 0 Å². The molecule has 19 heavy (non-hydrogen) atoms. The zero-order valence-electron chi connectivity index (χ0n) is 11.7. The topological polar surface area (TPSA) is 86.7 Å². The summed E-state index contributed by atoms with van der Waals surface area (Å²) in [7, 11) is 0. The number of likely N-dealkylation sites (tertiary alicyclic amines) is 1. The van der Waals surface area contributed by atoms with Crippen molar-refractivity contribution in [1.82, 2.24) is 10.2 Å². The molecule has 6 nitrogen and oxygen atoms in total. The molecule has 0 radical (unpaired) electrons. The van der Waals surface area contributed by atoms with Gasteiger partial charge in [0.1, 0.15) is 12.1 Å². The number of piperidine rings is 1. The summed E-state index contributed by atoms with van der Waals surface area (Å²) in [5.41, 5.74) is 0. The summed E-state index contributed by atoms with van der Waals surface area (Å²) in [5, 5.41) is 11.8. The van der Waals surface area contributed by atoms with E-state index in [-0.39, 0.29) is 17.7 Å². The largest absolute Gasteiger partial charge is 0.480 e. The Morgan fingerprint density at radius 1 is 1.26 bits per heavy atom. The van der Waals surface area contributed by atoms with Crippen molar-refractivity contribution in [1.29, 1.82) is 0 Å². The fraction of sp³-hybridized carbons (Fsp3) is 0.769. The van der Waals surface area contributed by atoms with E-state index in [1.165, 1.54) is 11.8 Å². The van der Waals surface area contributed by atoms with Crippen LogP contribution in [-0.2, 0) is 14.4 Å². The van der Waals surface area contributed by atoms with E-state index in [0.29, 0.717) is 13.0 Å². The van der Waals surface area contributed by atoms with Crippen LogP contribution in [0.4, 0.5) is 0 Å². The number of carbonyl (C=O) groups excluding carboxylic acids is 2. The van der Waals surface area contributed by atoms with Crippen molar-refractivity contribution in [3.8, 4) is 0 Å². The highest BCUT2D eigenvalue weighted by Crippen LogP contribution is 2.19. The lowest BCUT2D eigenvalue weighted by Crippen LogP contribution is -2.56. The van der Waals surface area contributed by atoms with E-state index >= 15 is 0 Å². The molecule has 1 saturated heterocycles. The van der Waals surface area contributed by atoms with E-state index in [4.69, 9.17) is 0 Å². The maximum Gasteiger partial charge on any atom is 0.326 e. The molecule has 1 rings (SSSR count). The number of rotatable bonds is 4. The van der Waals surface area contributed by atoms with Crippen LogP contribution in [0.25, 0.3) is 0 Å². The second-order valence-electron chi connectivity index (χ2n) is 5.30. The van der Waals surface area contributed by atoms with Crippen LogP contribution >= 0.6 is 0 Å². The summed E-state index contributed by atoms with van der Waals surface area (Å²) in [6, 6.07) is -1.42. The highest BCUT2D eigenvalue weighted by Gasteiger charge is 2.36. The molecule has 0 spiro atoms. The van der Waals surface area contributed by atoms with Crippen LogP contribution in [0.15, 0.2) is 0 Å². The van der Waals surface area contributed by atoms with Crippen LogP contribution < -0.4 is 5.32 Å². The van der Waals surface area contributed by atoms with E-state index in [0.717, 1.165) is 12.8 Å². The summed E-state index contributed by atoms with van der Waals surface area (Å²) >= 11 is 0. The summed E-state index contributed by atoms with van der Waals surface area (Å²) in [6.45, 7) is 5.46. The van der Waals surface area contributed by atoms with Crippen molar-refractivity contribution in [2.45, 2.75) is 52.1 Å². The highest BCUT2D eigenvalue weighted by atomic mass is 16.4. The molecule has 108 valence electrons. The minimum absolute atomic E-state index is 0.0761. The average molecular weight is 270 g/mol. The molecular formula is C13H22N2O4. The Labute approximate surface area is 113 Å². The standard InChI is InChI=1S/C13H22N2O4/c1-8(2)11(14-9(3)16)12(17)15-7-5-4-6-10(15)13(18)19/h8,10-11H,4-7H2,1-3H3,(H,14,16)(H,18,19)/t10-,11?/m0/s1. The second kappa shape index (κ2) is 6.54. The SMILES string of the molecule is CC(=O)NC(C(=O)N1CCCC[C@H]1C(=O)O)C(C)C. The van der Waals surface area contributed by atoms with Gasteiger partial charge in [-0.1, -0.05) is 13.8 Å². The Morgan fingerprint density at radius 3 is 2.37 bits per heavy atom. The monoisotopic (exact) mass is 270 g/mol. The number of aliphatic carboxylic acids is 1. The fourth-order valence-corrected chi connectivity index (χ4v) is 2.36. The number of hydrogen-bond acceptors (Lipinski definition) is 3. The van der Waals surface area contributed by atoms with Crippen LogP contribution in [0, 0.1) is 5.92 Å². The molecule has 0 aliphatic carbocycles. The maximum atomic E-state index is 12.4. The van der Waals surface area contributed by atoms with Crippen LogP contribution in [0.3, 0.4) is 0 Å². The van der Waals surface area contributed by atoms with E-state index in [1.54, 1.807) is 0 Å². The molecule has 1 unspecified atom stereocenters. The Bertz CT molecular complexity index is 368. The van der Waals surface area contributed by atoms with Crippen molar-refractivity contribution in [3.05, 3.63) is 0 Å². The lowest BCUT2D eigenvalue weighted by atomic mass is 9.97. The first-order chi connectivity index (χ1) is 8.84. The van der Waals surface area contributed by atoms with Crippen molar-refractivity contribution < 1.29 is 19.5 Å². The molecule has 1 heterocycles. The zero-order chi connectivity index (χ0) is 14.6. The molecule has 0 aromatic carbocycles. The zero-order valence-corrected chi connectivity index (χ0v) is 11.7. The molecule has 6 heteroatoms. The van der Waals surface area contributed by atoms with Crippen LogP contribution in [0.5, 0.6) is 0 Å². The third-order valence-electron chi connectivity index (χ3n) is 3.36. The first kappa shape index (κ1) is 15.5. The Morgan fingerprint density at radius 2 is 1.89 bits per heavy atom. The van der Waals surface area contributed by atoms with Gasteiger partial charge >= 0.3 is 5.97 Å². The molecule has 1 fully saturated rings. The van der Waals surface area contributed by atoms with Gasteiger partial charge in [0.2, 0.25) is 11.8 Å². The molecule has 2 atom stereocenters. The van der Waals surface area contributed by atoms with Gasteiger partial charge in [0.25, 0.3) is 0 Å². The first-order valence-corrected chi connectivity index (χ1v) is 6.65. The molecule has 1 aliphatic rings. The predicted molar refractivity (Wildman–Crippen MR) is 69.4 cm³/mol. The lowest BCUT2D eigenvalue weighted by molar-refractivity contribution is -0.153. The summed E-state index contributed by atoms with van der Waals surface area (Å²) < 4.78 is 0. The van der Waals surface area contributed by atoms with Crippen LogP contribution in [0.1, 0.15) is 40.0 Å². The number of nitrogens with one attached hydrogen (secondary N) is 1. The van der Waals surface area contributed by atoms with Gasteiger partial charge in [-0.3, -0.25) is 9.59 Å². The Kier molecular flexibility index (Phi) is 5.32. The van der Waals surface area contributed by atoms with Crippen molar-refractivity contribution in [2.24, 2.45) is 5.92 Å². The number of carbonyl (C=O) groups is 3. The highest BCUT2D eigenvalue weighted by molar-refractivity contribution is 5.90. The quantitative estimate of drug-likeness (QED) is 0.783. The van der Waals surface area contributed by atoms with Gasteiger partial charge in [0.15, 0.2) is 0 Å². The number of carboxylic acids is 1. The van der Waals surface area contributed by atoms with Crippen LogP contribution in [0.2, 0.25) is 0 Å². The van der Waals surface area contributed by atoms with Crippen molar-refractivity contribution >= 4 is 17.8 Å². The maximum absolute atomic E-state index is 12.4. The summed E-state index contributed by atoms with van der Waals surface area (Å²) in [5.74, 6) is -1.63. The van der Waals surface area contributed by atoms with Crippen molar-refractivity contribution in [2.75, 3.05) is 6.54 Å². The normalized spacial score (nSPS) is 21.1. The van der Waals surface area contributed by atoms with E-state index in [9.17, 15) is 19.5 Å². The number of amides is 2. The molecule has 2 N–H and O–H groups in total. The lowest BCUT2D eigenvalue weighted by Gasteiger charge is -2.36. The minimum Gasteiger partial charge on any atom is -0.480 e. The molecule has 0 aromatic rings. The summed E-state index contributed by atoms with van der Waals surface area (Å²) in [6.07, 6.45) is 2.10. The van der Waals surface area contributed by atoms with Gasteiger partial charge in [0.05, 0.1) is 0 Å². The second-order valence-corrected chi connectivity index (χ2v) is 5.30. The number of nitrogens with zero attached hydrogens (tertiary/aromatic N) is 1. The smallest absolute Gasteiger partial charge is 0.326 e. The van der Waals surface area contributed by atoms with E-state index < -0.39 is 18.1 Å². The first-order valence-electron chi connectivity index (χ1n) is 6.65. The van der Waals surface area contributed by atoms with E-state index in [2.05, 4.69) is 5.32 Å². The molecule has 2 amide bonds. The van der Waals surface area contributed by atoms with Gasteiger partial charge in [-0.2, -0.15) is 0 Å². The molecule has 1 aliphatic heterocycles. The molecular weight excluding hydrogens is 248 g/mol. The number of hydrogen-bond donors (Lipinski definition) is 2. The Balaban J connectivity index is 2.87. The minimum atomic E-state index is -0.974. The Hall–Kier alpha value is -1.59. The van der Waals surface area contributed by atoms with Gasteiger partial charge in [0, 0.05) is 13.5 Å². The third-order valence-corrected chi connectivity index (χ3v) is 3.36. The molecule has 0 aromatic heterocycles. The third kappa shape index (κ3) is 3.94.